The molecular weight excluding hydrogens is 276 g/mol. The zero-order valence-electron chi connectivity index (χ0n) is 9.04. The number of hydrogen-bond acceptors (Lipinski definition) is 5. The Morgan fingerprint density at radius 2 is 1.78 bits per heavy atom. The van der Waals surface area contributed by atoms with Gasteiger partial charge in [-0.3, -0.25) is 4.72 Å². The van der Waals surface area contributed by atoms with Gasteiger partial charge in [0.25, 0.3) is 10.0 Å². The molecule has 0 aliphatic rings. The van der Waals surface area contributed by atoms with Crippen LogP contribution in [0.4, 0.5) is 11.6 Å². The third-order valence-corrected chi connectivity index (χ3v) is 3.73. The number of halogens is 1. The summed E-state index contributed by atoms with van der Waals surface area (Å²) >= 11 is 5.86. The number of nitrogens with zero attached hydrogens (tertiary/aromatic N) is 2. The topological polar surface area (TPSA) is 98.0 Å². The van der Waals surface area contributed by atoms with Gasteiger partial charge in [-0.25, -0.2) is 18.4 Å². The van der Waals surface area contributed by atoms with Gasteiger partial charge in [0, 0.05) is 0 Å². The van der Waals surface area contributed by atoms with Gasteiger partial charge < -0.3 is 5.73 Å². The molecule has 6 nitrogen and oxygen atoms in total. The molecule has 2 aromatic rings. The van der Waals surface area contributed by atoms with Crippen LogP contribution >= 0.6 is 11.6 Å². The van der Waals surface area contributed by atoms with E-state index < -0.39 is 10.0 Å². The van der Waals surface area contributed by atoms with Crippen LogP contribution in [0.3, 0.4) is 0 Å². The molecule has 0 aliphatic heterocycles. The van der Waals surface area contributed by atoms with Crippen molar-refractivity contribution in [3.05, 3.63) is 41.7 Å². The van der Waals surface area contributed by atoms with Crippen molar-refractivity contribution in [3.63, 3.8) is 0 Å². The van der Waals surface area contributed by atoms with E-state index in [1.54, 1.807) is 24.3 Å². The first kappa shape index (κ1) is 12.6. The lowest BCUT2D eigenvalue weighted by molar-refractivity contribution is 0.600. The summed E-state index contributed by atoms with van der Waals surface area (Å²) in [6, 6.07) is 6.51. The van der Waals surface area contributed by atoms with Crippen molar-refractivity contribution in [1.29, 1.82) is 0 Å². The first-order valence-electron chi connectivity index (χ1n) is 4.84. The summed E-state index contributed by atoms with van der Waals surface area (Å²) in [6.07, 6.45) is 2.25. The third-order valence-electron chi connectivity index (χ3n) is 2.08. The number of para-hydroxylation sites is 1. The van der Waals surface area contributed by atoms with Gasteiger partial charge >= 0.3 is 0 Å². The van der Waals surface area contributed by atoms with Gasteiger partial charge in [0.1, 0.15) is 4.90 Å². The summed E-state index contributed by atoms with van der Waals surface area (Å²) in [6.45, 7) is 0. The highest BCUT2D eigenvalue weighted by atomic mass is 35.5. The molecule has 3 N–H and O–H groups in total. The maximum absolute atomic E-state index is 12.0. The highest BCUT2D eigenvalue weighted by Gasteiger charge is 2.16. The Balaban J connectivity index is 2.33. The summed E-state index contributed by atoms with van der Waals surface area (Å²) in [7, 11) is -3.77. The van der Waals surface area contributed by atoms with E-state index in [1.807, 2.05) is 0 Å². The molecule has 1 aromatic heterocycles. The van der Waals surface area contributed by atoms with Crippen LogP contribution in [0.2, 0.25) is 5.02 Å². The molecule has 0 bridgehead atoms. The van der Waals surface area contributed by atoms with Crippen molar-refractivity contribution < 1.29 is 8.42 Å². The van der Waals surface area contributed by atoms with Gasteiger partial charge in [-0.2, -0.15) is 0 Å². The van der Waals surface area contributed by atoms with Crippen LogP contribution in [-0.2, 0) is 10.0 Å². The van der Waals surface area contributed by atoms with Crippen LogP contribution in [0.1, 0.15) is 0 Å². The number of hydrogen-bond donors (Lipinski definition) is 2. The Morgan fingerprint density at radius 1 is 1.17 bits per heavy atom. The maximum Gasteiger partial charge on any atom is 0.265 e. The third kappa shape index (κ3) is 2.69. The van der Waals surface area contributed by atoms with E-state index in [0.29, 0.717) is 5.02 Å². The molecule has 18 heavy (non-hydrogen) atoms. The Bertz CT molecular complexity index is 658. The van der Waals surface area contributed by atoms with Crippen LogP contribution in [0, 0.1) is 0 Å². The largest absolute Gasteiger partial charge is 0.368 e. The average Bonchev–Trinajstić information content (AvgIpc) is 2.32. The lowest BCUT2D eigenvalue weighted by atomic mass is 10.3. The van der Waals surface area contributed by atoms with Crippen LogP contribution in [0.15, 0.2) is 41.6 Å². The van der Waals surface area contributed by atoms with E-state index in [1.165, 1.54) is 0 Å². The van der Waals surface area contributed by atoms with Crippen LogP contribution in [-0.4, -0.2) is 18.4 Å². The number of rotatable bonds is 3. The molecule has 8 heteroatoms. The second-order valence-corrected chi connectivity index (χ2v) is 5.45. The molecule has 94 valence electrons. The SMILES string of the molecule is Nc1ncc(S(=O)(=O)Nc2ccccc2Cl)cn1. The highest BCUT2D eigenvalue weighted by molar-refractivity contribution is 7.92. The Labute approximate surface area is 109 Å². The van der Waals surface area contributed by atoms with Gasteiger partial charge in [0.05, 0.1) is 23.1 Å². The summed E-state index contributed by atoms with van der Waals surface area (Å²) in [4.78, 5) is 7.16. The summed E-state index contributed by atoms with van der Waals surface area (Å²) in [5.41, 5.74) is 5.58. The van der Waals surface area contributed by atoms with Crippen LogP contribution in [0.25, 0.3) is 0 Å². The van der Waals surface area contributed by atoms with Crippen molar-refractivity contribution in [2.24, 2.45) is 0 Å². The molecule has 0 spiro atoms. The van der Waals surface area contributed by atoms with E-state index in [2.05, 4.69) is 14.7 Å². The molecule has 0 aliphatic carbocycles. The zero-order chi connectivity index (χ0) is 13.2. The molecule has 0 saturated carbocycles. The van der Waals surface area contributed by atoms with Crippen LogP contribution < -0.4 is 10.5 Å². The fraction of sp³-hybridized carbons (Fsp3) is 0. The standard InChI is InChI=1S/C10H9ClN4O2S/c11-8-3-1-2-4-9(8)15-18(16,17)7-5-13-10(12)14-6-7/h1-6,15H,(H2,12,13,14). The molecule has 2 rings (SSSR count). The van der Waals surface area contributed by atoms with Crippen molar-refractivity contribution in [1.82, 2.24) is 9.97 Å². The van der Waals surface area contributed by atoms with Crippen molar-refractivity contribution in [2.45, 2.75) is 4.90 Å². The first-order valence-corrected chi connectivity index (χ1v) is 6.70. The number of sulfonamides is 1. The molecule has 0 fully saturated rings. The average molecular weight is 285 g/mol. The van der Waals surface area contributed by atoms with E-state index in [4.69, 9.17) is 17.3 Å². The van der Waals surface area contributed by atoms with Gasteiger partial charge in [-0.1, -0.05) is 23.7 Å². The fourth-order valence-electron chi connectivity index (χ4n) is 1.21. The molecule has 0 atom stereocenters. The van der Waals surface area contributed by atoms with Gasteiger partial charge in [-0.15, -0.1) is 0 Å². The second kappa shape index (κ2) is 4.79. The van der Waals surface area contributed by atoms with E-state index in [9.17, 15) is 8.42 Å². The quantitative estimate of drug-likeness (QED) is 0.890. The predicted molar refractivity (Wildman–Crippen MR) is 68.7 cm³/mol. The van der Waals surface area contributed by atoms with Gasteiger partial charge in [0.2, 0.25) is 5.95 Å². The van der Waals surface area contributed by atoms with E-state index >= 15 is 0 Å². The Hall–Kier alpha value is -1.86. The monoisotopic (exact) mass is 284 g/mol. The predicted octanol–water partition coefficient (Wildman–Crippen LogP) is 1.51. The van der Waals surface area contributed by atoms with Gasteiger partial charge in [0.15, 0.2) is 0 Å². The first-order chi connectivity index (χ1) is 8.49. The van der Waals surface area contributed by atoms with E-state index in [0.717, 1.165) is 12.4 Å². The Morgan fingerprint density at radius 3 is 2.39 bits per heavy atom. The summed E-state index contributed by atoms with van der Waals surface area (Å²) < 4.78 is 26.3. The number of benzene rings is 1. The molecule has 0 unspecified atom stereocenters. The Kier molecular flexibility index (Phi) is 3.35. The molecule has 0 amide bonds. The fourth-order valence-corrected chi connectivity index (χ4v) is 2.42. The van der Waals surface area contributed by atoms with Crippen molar-refractivity contribution >= 4 is 33.3 Å². The number of nitrogen functional groups attached to an aromatic ring is 1. The normalized spacial score (nSPS) is 11.2. The molecule has 1 aromatic carbocycles. The van der Waals surface area contributed by atoms with E-state index in [-0.39, 0.29) is 16.5 Å². The molecule has 1 heterocycles. The second-order valence-electron chi connectivity index (χ2n) is 3.36. The number of anilines is 2. The number of nitrogens with two attached hydrogens (primary N) is 1. The number of aromatic nitrogens is 2. The minimum atomic E-state index is -3.77. The number of nitrogens with one attached hydrogen (secondary N) is 1. The smallest absolute Gasteiger partial charge is 0.265 e. The lowest BCUT2D eigenvalue weighted by Gasteiger charge is -2.08. The lowest BCUT2D eigenvalue weighted by Crippen LogP contribution is -2.14. The highest BCUT2D eigenvalue weighted by Crippen LogP contribution is 2.23. The minimum absolute atomic E-state index is 0.00620. The zero-order valence-corrected chi connectivity index (χ0v) is 10.6. The van der Waals surface area contributed by atoms with Gasteiger partial charge in [-0.05, 0) is 12.1 Å². The minimum Gasteiger partial charge on any atom is -0.368 e. The molecular formula is C10H9ClN4O2S. The summed E-state index contributed by atoms with van der Waals surface area (Å²) in [5.74, 6) is 0.00620. The van der Waals surface area contributed by atoms with Crippen LogP contribution in [0.5, 0.6) is 0 Å². The summed E-state index contributed by atoms with van der Waals surface area (Å²) in [5, 5.41) is 0.303. The molecule has 0 radical (unpaired) electrons. The maximum atomic E-state index is 12.0. The van der Waals surface area contributed by atoms with Crippen molar-refractivity contribution in [2.75, 3.05) is 10.5 Å². The molecule has 0 saturated heterocycles. The van der Waals surface area contributed by atoms with Crippen molar-refractivity contribution in [3.8, 4) is 0 Å².